The SMILES string of the molecule is CCC(CC)(CO)CNc1cc(OC)c(N)cc1F. The summed E-state index contributed by atoms with van der Waals surface area (Å²) in [6, 6.07) is 2.78. The average Bonchev–Trinajstić information content (AvgIpc) is 2.43. The molecule has 0 saturated carbocycles. The molecule has 0 fully saturated rings. The first-order chi connectivity index (χ1) is 9.01. The van der Waals surface area contributed by atoms with Crippen molar-refractivity contribution in [2.75, 3.05) is 31.3 Å². The third kappa shape index (κ3) is 3.50. The molecule has 0 aliphatic carbocycles. The van der Waals surface area contributed by atoms with Crippen LogP contribution in [0.4, 0.5) is 15.8 Å². The van der Waals surface area contributed by atoms with E-state index in [2.05, 4.69) is 5.32 Å². The summed E-state index contributed by atoms with van der Waals surface area (Å²) >= 11 is 0. The monoisotopic (exact) mass is 270 g/mol. The second-order valence-corrected chi connectivity index (χ2v) is 4.79. The minimum atomic E-state index is -0.419. The molecular formula is C14H23FN2O2. The second kappa shape index (κ2) is 6.61. The van der Waals surface area contributed by atoms with Crippen molar-refractivity contribution in [1.29, 1.82) is 0 Å². The first-order valence-corrected chi connectivity index (χ1v) is 6.49. The van der Waals surface area contributed by atoms with Crippen LogP contribution in [0.2, 0.25) is 0 Å². The number of hydrogen-bond donors (Lipinski definition) is 3. The molecule has 0 amide bonds. The molecule has 0 heterocycles. The molecule has 0 spiro atoms. The molecule has 0 aliphatic heterocycles. The highest BCUT2D eigenvalue weighted by atomic mass is 19.1. The Bertz CT molecular complexity index is 412. The van der Waals surface area contributed by atoms with E-state index in [1.807, 2.05) is 13.8 Å². The number of halogens is 1. The largest absolute Gasteiger partial charge is 0.495 e. The van der Waals surface area contributed by atoms with Crippen LogP contribution in [0.25, 0.3) is 0 Å². The fraction of sp³-hybridized carbons (Fsp3) is 0.571. The predicted molar refractivity (Wildman–Crippen MR) is 76.0 cm³/mol. The lowest BCUT2D eigenvalue weighted by atomic mass is 9.83. The summed E-state index contributed by atoms with van der Waals surface area (Å²) in [6.07, 6.45) is 1.64. The topological polar surface area (TPSA) is 67.5 Å². The molecule has 19 heavy (non-hydrogen) atoms. The summed E-state index contributed by atoms with van der Waals surface area (Å²) in [4.78, 5) is 0. The molecule has 4 N–H and O–H groups in total. The van der Waals surface area contributed by atoms with E-state index < -0.39 is 5.82 Å². The molecule has 1 aromatic carbocycles. The van der Waals surface area contributed by atoms with Gasteiger partial charge in [0.25, 0.3) is 0 Å². The van der Waals surface area contributed by atoms with Crippen LogP contribution in [0.3, 0.4) is 0 Å². The maximum absolute atomic E-state index is 13.8. The molecule has 4 nitrogen and oxygen atoms in total. The number of rotatable bonds is 7. The molecule has 0 atom stereocenters. The normalized spacial score (nSPS) is 11.4. The van der Waals surface area contributed by atoms with Gasteiger partial charge in [0.2, 0.25) is 0 Å². The van der Waals surface area contributed by atoms with E-state index >= 15 is 0 Å². The summed E-state index contributed by atoms with van der Waals surface area (Å²) in [5.74, 6) is 0.0174. The number of anilines is 2. The Kier molecular flexibility index (Phi) is 5.42. The molecule has 0 bridgehead atoms. The van der Waals surface area contributed by atoms with E-state index in [0.717, 1.165) is 12.8 Å². The maximum atomic E-state index is 13.8. The number of ether oxygens (including phenoxy) is 1. The molecule has 1 rings (SSSR count). The lowest BCUT2D eigenvalue weighted by Crippen LogP contribution is -2.32. The molecule has 1 aromatic rings. The first kappa shape index (κ1) is 15.6. The van der Waals surface area contributed by atoms with Gasteiger partial charge in [-0.3, -0.25) is 0 Å². The fourth-order valence-electron chi connectivity index (χ4n) is 1.94. The van der Waals surface area contributed by atoms with Gasteiger partial charge in [-0.1, -0.05) is 13.8 Å². The number of nitrogens with one attached hydrogen (secondary N) is 1. The standard InChI is InChI=1S/C14H23FN2O2/c1-4-14(5-2,9-18)8-17-12-7-13(19-3)11(16)6-10(12)15/h6-7,17-18H,4-5,8-9,16H2,1-3H3. The highest BCUT2D eigenvalue weighted by Gasteiger charge is 2.25. The van der Waals surface area contributed by atoms with E-state index in [1.165, 1.54) is 19.2 Å². The highest BCUT2D eigenvalue weighted by molar-refractivity contribution is 5.62. The molecule has 0 unspecified atom stereocenters. The summed E-state index contributed by atoms with van der Waals surface area (Å²) < 4.78 is 18.9. The van der Waals surface area contributed by atoms with Crippen LogP contribution in [0, 0.1) is 11.2 Å². The Labute approximate surface area is 113 Å². The van der Waals surface area contributed by atoms with E-state index in [1.54, 1.807) is 0 Å². The van der Waals surface area contributed by atoms with Gasteiger partial charge in [-0.15, -0.1) is 0 Å². The Balaban J connectivity index is 2.88. The third-order valence-electron chi connectivity index (χ3n) is 3.81. The van der Waals surface area contributed by atoms with Gasteiger partial charge in [-0.05, 0) is 12.8 Å². The highest BCUT2D eigenvalue weighted by Crippen LogP contribution is 2.31. The van der Waals surface area contributed by atoms with Crippen LogP contribution < -0.4 is 15.8 Å². The van der Waals surface area contributed by atoms with Gasteiger partial charge in [0.15, 0.2) is 0 Å². The molecule has 0 radical (unpaired) electrons. The summed E-state index contributed by atoms with van der Waals surface area (Å²) in [5, 5.41) is 12.5. The quantitative estimate of drug-likeness (QED) is 0.666. The first-order valence-electron chi connectivity index (χ1n) is 6.49. The van der Waals surface area contributed by atoms with Crippen molar-refractivity contribution in [3.05, 3.63) is 17.9 Å². The zero-order valence-corrected chi connectivity index (χ0v) is 11.8. The smallest absolute Gasteiger partial charge is 0.148 e. The van der Waals surface area contributed by atoms with E-state index in [-0.39, 0.29) is 17.7 Å². The van der Waals surface area contributed by atoms with Crippen molar-refractivity contribution in [3.63, 3.8) is 0 Å². The second-order valence-electron chi connectivity index (χ2n) is 4.79. The van der Waals surface area contributed by atoms with Crippen LogP contribution in [0.15, 0.2) is 12.1 Å². The van der Waals surface area contributed by atoms with E-state index in [9.17, 15) is 9.50 Å². The molecule has 5 heteroatoms. The molecule has 108 valence electrons. The molecule has 0 aliphatic rings. The third-order valence-corrected chi connectivity index (χ3v) is 3.81. The van der Waals surface area contributed by atoms with Gasteiger partial charge in [-0.25, -0.2) is 4.39 Å². The number of nitrogens with two attached hydrogens (primary N) is 1. The summed E-state index contributed by atoms with van der Waals surface area (Å²) in [6.45, 7) is 4.60. The number of aliphatic hydroxyl groups excluding tert-OH is 1. The van der Waals surface area contributed by atoms with Crippen LogP contribution in [-0.4, -0.2) is 25.4 Å². The van der Waals surface area contributed by atoms with Gasteiger partial charge in [0.1, 0.15) is 11.6 Å². The Hall–Kier alpha value is -1.49. The number of benzene rings is 1. The number of methoxy groups -OCH3 is 1. The number of aliphatic hydroxyl groups is 1. The Morgan fingerprint density at radius 3 is 2.47 bits per heavy atom. The zero-order valence-electron chi connectivity index (χ0n) is 11.8. The lowest BCUT2D eigenvalue weighted by Gasteiger charge is -2.30. The van der Waals surface area contributed by atoms with Crippen LogP contribution >= 0.6 is 0 Å². The molecular weight excluding hydrogens is 247 g/mol. The van der Waals surface area contributed by atoms with Gasteiger partial charge in [0.05, 0.1) is 25.1 Å². The Morgan fingerprint density at radius 1 is 1.37 bits per heavy atom. The van der Waals surface area contributed by atoms with Crippen molar-refractivity contribution < 1.29 is 14.2 Å². The maximum Gasteiger partial charge on any atom is 0.148 e. The average molecular weight is 270 g/mol. The Morgan fingerprint density at radius 2 is 2.00 bits per heavy atom. The summed E-state index contributed by atoms with van der Waals surface area (Å²) in [7, 11) is 1.49. The fourth-order valence-corrected chi connectivity index (χ4v) is 1.94. The van der Waals surface area contributed by atoms with Crippen molar-refractivity contribution in [2.24, 2.45) is 5.41 Å². The molecule has 0 aromatic heterocycles. The van der Waals surface area contributed by atoms with Crippen molar-refractivity contribution in [3.8, 4) is 5.75 Å². The number of nitrogen functional groups attached to an aromatic ring is 1. The number of hydrogen-bond acceptors (Lipinski definition) is 4. The molecule has 0 saturated heterocycles. The minimum absolute atomic E-state index is 0.0702. The lowest BCUT2D eigenvalue weighted by molar-refractivity contribution is 0.127. The van der Waals surface area contributed by atoms with Crippen molar-refractivity contribution in [2.45, 2.75) is 26.7 Å². The van der Waals surface area contributed by atoms with Gasteiger partial charge < -0.3 is 20.9 Å². The van der Waals surface area contributed by atoms with Gasteiger partial charge >= 0.3 is 0 Å². The van der Waals surface area contributed by atoms with Crippen molar-refractivity contribution >= 4 is 11.4 Å². The van der Waals surface area contributed by atoms with Crippen LogP contribution in [0.5, 0.6) is 5.75 Å². The predicted octanol–water partition coefficient (Wildman–Crippen LogP) is 2.63. The van der Waals surface area contributed by atoms with Crippen molar-refractivity contribution in [1.82, 2.24) is 0 Å². The minimum Gasteiger partial charge on any atom is -0.495 e. The van der Waals surface area contributed by atoms with Gasteiger partial charge in [-0.2, -0.15) is 0 Å². The zero-order chi connectivity index (χ0) is 14.5. The van der Waals surface area contributed by atoms with Gasteiger partial charge in [0, 0.05) is 24.1 Å². The van der Waals surface area contributed by atoms with Crippen LogP contribution in [0.1, 0.15) is 26.7 Å². The summed E-state index contributed by atoms with van der Waals surface area (Å²) in [5.41, 5.74) is 6.00. The van der Waals surface area contributed by atoms with E-state index in [0.29, 0.717) is 18.0 Å². The van der Waals surface area contributed by atoms with E-state index in [4.69, 9.17) is 10.5 Å². The van der Waals surface area contributed by atoms with Crippen LogP contribution in [-0.2, 0) is 0 Å².